The van der Waals surface area contributed by atoms with Crippen molar-refractivity contribution in [3.63, 3.8) is 0 Å². The van der Waals surface area contributed by atoms with Crippen LogP contribution in [0.25, 0.3) is 0 Å². The first-order valence-electron chi connectivity index (χ1n) is 3.47. The molecule has 1 nitrogen and oxygen atoms in total. The topological polar surface area (TPSA) is 3.24 Å². The Balaban J connectivity index is 0.000000354. The Morgan fingerprint density at radius 2 is 1.67 bits per heavy atom. The van der Waals surface area contributed by atoms with Crippen molar-refractivity contribution in [2.75, 3.05) is 19.0 Å². The Kier molecular flexibility index (Phi) is 8.87. The zero-order valence-electron chi connectivity index (χ0n) is 7.22. The van der Waals surface area contributed by atoms with Gasteiger partial charge in [0.1, 0.15) is 0 Å². The van der Waals surface area contributed by atoms with Crippen LogP contribution in [0.4, 0.5) is 5.69 Å². The van der Waals surface area contributed by atoms with E-state index in [1.165, 1.54) is 5.69 Å². The van der Waals surface area contributed by atoms with E-state index in [9.17, 15) is 0 Å². The van der Waals surface area contributed by atoms with Crippen molar-refractivity contribution < 1.29 is 0 Å². The van der Waals surface area contributed by atoms with E-state index in [4.69, 9.17) is 0 Å². The van der Waals surface area contributed by atoms with E-state index in [1.807, 2.05) is 38.4 Å². The van der Waals surface area contributed by atoms with Crippen LogP contribution in [0.5, 0.6) is 0 Å². The summed E-state index contributed by atoms with van der Waals surface area (Å²) in [6.45, 7) is 0. The largest absolute Gasteiger partial charge is 0.560 e. The average molecular weight is 304 g/mol. The highest BCUT2D eigenvalue weighted by molar-refractivity contribution is 9.47. The molecule has 1 radical (unpaired) electrons. The molecule has 0 aliphatic rings. The summed E-state index contributed by atoms with van der Waals surface area (Å²) in [5, 5.41) is 0. The molecule has 0 fully saturated rings. The van der Waals surface area contributed by atoms with Gasteiger partial charge in [-0.25, -0.2) is 0 Å². The molecular formula is C8H10Br2MgN. The van der Waals surface area contributed by atoms with Crippen molar-refractivity contribution in [1.82, 2.24) is 0 Å². The molecule has 12 heavy (non-hydrogen) atoms. The smallest absolute Gasteiger partial charge is 0.378 e. The van der Waals surface area contributed by atoms with Gasteiger partial charge in [0.25, 0.3) is 0 Å². The zero-order valence-corrected chi connectivity index (χ0v) is 11.8. The summed E-state index contributed by atoms with van der Waals surface area (Å²) < 4.78 is 0. The highest BCUT2D eigenvalue weighted by Gasteiger charge is 1.87. The molecule has 0 amide bonds. The first-order valence-corrected chi connectivity index (χ1v) is 11.3. The van der Waals surface area contributed by atoms with Crippen LogP contribution in [0.3, 0.4) is 0 Å². The summed E-state index contributed by atoms with van der Waals surface area (Å²) in [5.74, 6) is 0. The van der Waals surface area contributed by atoms with Crippen LogP contribution in [0.1, 0.15) is 0 Å². The molecule has 0 spiro atoms. The van der Waals surface area contributed by atoms with E-state index in [0.717, 1.165) is 0 Å². The van der Waals surface area contributed by atoms with E-state index < -0.39 is 0 Å². The summed E-state index contributed by atoms with van der Waals surface area (Å²) in [6, 6.07) is 10.8. The lowest BCUT2D eigenvalue weighted by Gasteiger charge is -2.10. The van der Waals surface area contributed by atoms with Crippen molar-refractivity contribution >= 4 is 47.5 Å². The standard InChI is InChI=1S/C8H10N.2BrH.Mg/c1-9(2)8-6-4-3-5-7-8;;;/h4-7H,1-2H3;2*1H;/q;;;+2/p-2. The predicted molar refractivity (Wildman–Crippen MR) is 63.2 cm³/mol. The minimum atomic E-state index is 0.0417. The molecular weight excluding hydrogens is 294 g/mol. The molecule has 0 N–H and O–H groups in total. The Labute approximate surface area is 96.0 Å². The van der Waals surface area contributed by atoms with Gasteiger partial charge in [0, 0.05) is 19.8 Å². The summed E-state index contributed by atoms with van der Waals surface area (Å²) in [4.78, 5) is 2.06. The molecule has 4 heteroatoms. The lowest BCUT2D eigenvalue weighted by Crippen LogP contribution is -2.07. The fourth-order valence-corrected chi connectivity index (χ4v) is 0.676. The van der Waals surface area contributed by atoms with E-state index in [1.54, 1.807) is 0 Å². The van der Waals surface area contributed by atoms with Crippen molar-refractivity contribution in [1.29, 1.82) is 0 Å². The maximum atomic E-state index is 3.20. The number of anilines is 1. The van der Waals surface area contributed by atoms with Gasteiger partial charge in [-0.2, -0.15) is 0 Å². The number of rotatable bonds is 1. The fourth-order valence-electron chi connectivity index (χ4n) is 0.676. The molecule has 63 valence electrons. The molecule has 0 saturated heterocycles. The molecule has 0 aliphatic carbocycles. The lowest BCUT2D eigenvalue weighted by molar-refractivity contribution is 1.13. The quantitative estimate of drug-likeness (QED) is 0.721. The van der Waals surface area contributed by atoms with Gasteiger partial charge in [0.15, 0.2) is 0 Å². The van der Waals surface area contributed by atoms with Crippen molar-refractivity contribution in [2.24, 2.45) is 0 Å². The number of nitrogens with zero attached hydrogens (tertiary/aromatic N) is 1. The van der Waals surface area contributed by atoms with Crippen molar-refractivity contribution in [3.8, 4) is 0 Å². The van der Waals surface area contributed by atoms with Crippen LogP contribution in [-0.2, 0) is 0 Å². The van der Waals surface area contributed by atoms with Gasteiger partial charge in [-0.15, -0.1) is 0 Å². The molecule has 0 aromatic heterocycles. The summed E-state index contributed by atoms with van der Waals surface area (Å²) in [6.07, 6.45) is 0. The van der Waals surface area contributed by atoms with Crippen LogP contribution in [0.15, 0.2) is 24.3 Å². The Hall–Kier alpha value is 0.746. The molecule has 0 aliphatic heterocycles. The Morgan fingerprint density at radius 3 is 1.92 bits per heavy atom. The van der Waals surface area contributed by atoms with Crippen LogP contribution in [-0.4, -0.2) is 30.1 Å². The minimum absolute atomic E-state index is 0.0417. The third-order valence-corrected chi connectivity index (χ3v) is 1.22. The summed E-state index contributed by atoms with van der Waals surface area (Å²) in [7, 11) is 4.05. The van der Waals surface area contributed by atoms with Crippen LogP contribution >= 0.6 is 25.8 Å². The van der Waals surface area contributed by atoms with E-state index >= 15 is 0 Å². The predicted octanol–water partition coefficient (Wildman–Crippen LogP) is 2.86. The Bertz CT molecular complexity index is 192. The zero-order chi connectivity index (χ0) is 9.40. The molecule has 1 aromatic carbocycles. The molecule has 0 bridgehead atoms. The van der Waals surface area contributed by atoms with Gasteiger partial charge in [-0.1, -0.05) is 12.1 Å². The van der Waals surface area contributed by atoms with E-state index in [-0.39, 0.29) is 16.0 Å². The third-order valence-electron chi connectivity index (χ3n) is 1.22. The summed E-state index contributed by atoms with van der Waals surface area (Å²) in [5.41, 5.74) is 1.22. The first-order chi connectivity index (χ1) is 5.72. The molecule has 0 unspecified atom stereocenters. The maximum absolute atomic E-state index is 3.20. The number of benzene rings is 1. The normalized spacial score (nSPS) is 7.67. The average Bonchev–Trinajstić information content (AvgIpc) is 2.07. The third kappa shape index (κ3) is 6.28. The van der Waals surface area contributed by atoms with Gasteiger partial charge >= 0.3 is 16.0 Å². The second-order valence-electron chi connectivity index (χ2n) is 2.25. The molecule has 0 saturated carbocycles. The van der Waals surface area contributed by atoms with Gasteiger partial charge in [-0.05, 0) is 18.2 Å². The van der Waals surface area contributed by atoms with Crippen molar-refractivity contribution in [2.45, 2.75) is 0 Å². The maximum Gasteiger partial charge on any atom is 0.560 e. The van der Waals surface area contributed by atoms with Gasteiger partial charge in [-0.3, -0.25) is 25.8 Å². The number of hydrogen-bond donors (Lipinski definition) is 0. The van der Waals surface area contributed by atoms with Crippen LogP contribution in [0, 0.1) is 6.07 Å². The molecule has 0 heterocycles. The number of hydrogen-bond acceptors (Lipinski definition) is 1. The van der Waals surface area contributed by atoms with Gasteiger partial charge in [0.05, 0.1) is 0 Å². The second-order valence-corrected chi connectivity index (χ2v) is 10.3. The molecule has 0 atom stereocenters. The van der Waals surface area contributed by atoms with E-state index in [0.29, 0.717) is 0 Å². The minimum Gasteiger partial charge on any atom is -0.378 e. The lowest BCUT2D eigenvalue weighted by atomic mass is 10.3. The molecule has 1 rings (SSSR count). The highest BCUT2D eigenvalue weighted by Crippen LogP contribution is 2.06. The number of halogens is 2. The van der Waals surface area contributed by atoms with Crippen molar-refractivity contribution in [3.05, 3.63) is 30.3 Å². The monoisotopic (exact) mass is 302 g/mol. The molecule has 1 aromatic rings. The van der Waals surface area contributed by atoms with Gasteiger partial charge < -0.3 is 4.90 Å². The summed E-state index contributed by atoms with van der Waals surface area (Å²) >= 11 is 6.44. The Morgan fingerprint density at radius 1 is 1.25 bits per heavy atom. The second kappa shape index (κ2) is 8.35. The van der Waals surface area contributed by atoms with Crippen LogP contribution in [0.2, 0.25) is 0 Å². The van der Waals surface area contributed by atoms with E-state index in [2.05, 4.69) is 36.7 Å². The van der Waals surface area contributed by atoms with Gasteiger partial charge in [0.2, 0.25) is 0 Å². The fraction of sp³-hybridized carbons (Fsp3) is 0.250. The first kappa shape index (κ1) is 12.7. The SMILES string of the molecule is CN(C)c1cc[c]cc1.[Br][Mg][Br]. The highest BCUT2D eigenvalue weighted by atomic mass is 79.9. The van der Waals surface area contributed by atoms with Crippen LogP contribution < -0.4 is 4.90 Å².